The Morgan fingerprint density at radius 3 is 2.52 bits per heavy atom. The summed E-state index contributed by atoms with van der Waals surface area (Å²) in [6.07, 6.45) is 3.16. The van der Waals surface area contributed by atoms with E-state index in [4.69, 9.17) is 4.74 Å². The minimum absolute atomic E-state index is 0.160. The van der Waals surface area contributed by atoms with Gasteiger partial charge in [-0.2, -0.15) is 5.10 Å². The van der Waals surface area contributed by atoms with E-state index in [0.29, 0.717) is 6.54 Å². The van der Waals surface area contributed by atoms with Crippen LogP contribution in [0, 0.1) is 19.7 Å². The number of ether oxygens (including phenoxy) is 1. The van der Waals surface area contributed by atoms with Gasteiger partial charge in [-0.3, -0.25) is 10.1 Å². The number of amides is 1. The molecule has 0 saturated heterocycles. The van der Waals surface area contributed by atoms with Gasteiger partial charge < -0.3 is 4.74 Å². The van der Waals surface area contributed by atoms with Crippen LogP contribution in [-0.2, 0) is 13.3 Å². The van der Waals surface area contributed by atoms with Crippen molar-refractivity contribution in [3.8, 4) is 5.75 Å². The van der Waals surface area contributed by atoms with Gasteiger partial charge in [0.1, 0.15) is 17.9 Å². The first kappa shape index (κ1) is 20.3. The second-order valence-electron chi connectivity index (χ2n) is 7.18. The van der Waals surface area contributed by atoms with E-state index in [1.807, 2.05) is 26.0 Å². The lowest BCUT2D eigenvalue weighted by Crippen LogP contribution is -2.15. The zero-order chi connectivity index (χ0) is 21.8. The maximum absolute atomic E-state index is 13.0. The Hall–Kier alpha value is -4.01. The summed E-state index contributed by atoms with van der Waals surface area (Å²) in [5.41, 5.74) is 3.31. The number of nitrogens with zero attached hydrogens (tertiary/aromatic N) is 5. The molecule has 0 aliphatic carbocycles. The third-order valence-electron chi connectivity index (χ3n) is 4.45. The first-order valence-corrected chi connectivity index (χ1v) is 9.64. The average Bonchev–Trinajstić information content (AvgIpc) is 3.37. The van der Waals surface area contributed by atoms with Crippen molar-refractivity contribution in [2.75, 3.05) is 5.32 Å². The van der Waals surface area contributed by atoms with Gasteiger partial charge in [0.25, 0.3) is 5.91 Å². The molecule has 4 aromatic rings. The van der Waals surface area contributed by atoms with E-state index in [1.54, 1.807) is 29.1 Å². The van der Waals surface area contributed by atoms with Crippen LogP contribution in [0.2, 0.25) is 0 Å². The van der Waals surface area contributed by atoms with Crippen molar-refractivity contribution in [1.29, 1.82) is 0 Å². The molecule has 0 fully saturated rings. The van der Waals surface area contributed by atoms with E-state index in [0.717, 1.165) is 22.4 Å². The summed E-state index contributed by atoms with van der Waals surface area (Å²) in [5, 5.41) is 11.1. The van der Waals surface area contributed by atoms with Crippen LogP contribution >= 0.6 is 0 Å². The molecule has 0 atom stereocenters. The van der Waals surface area contributed by atoms with Gasteiger partial charge in [-0.15, -0.1) is 5.10 Å². The fraction of sp³-hybridized carbons (Fsp3) is 0.182. The van der Waals surface area contributed by atoms with Gasteiger partial charge in [0, 0.05) is 6.20 Å². The van der Waals surface area contributed by atoms with Gasteiger partial charge >= 0.3 is 0 Å². The van der Waals surface area contributed by atoms with Crippen LogP contribution in [0.15, 0.2) is 61.1 Å². The van der Waals surface area contributed by atoms with E-state index in [9.17, 15) is 9.18 Å². The number of benzene rings is 2. The van der Waals surface area contributed by atoms with Crippen molar-refractivity contribution in [1.82, 2.24) is 24.5 Å². The van der Waals surface area contributed by atoms with Gasteiger partial charge in [-0.05, 0) is 60.9 Å². The smallest absolute Gasteiger partial charge is 0.278 e. The molecule has 1 N–H and O–H groups in total. The van der Waals surface area contributed by atoms with Crippen molar-refractivity contribution in [3.63, 3.8) is 0 Å². The molecule has 0 bridgehead atoms. The molecule has 31 heavy (non-hydrogen) atoms. The molecule has 2 aromatic heterocycles. The number of aryl methyl sites for hydroxylation is 2. The SMILES string of the molecule is Cc1cc(C)cc(OCn2ccc(C(=O)Nc3ncn(Cc4ccc(F)cc4)n3)n2)c1. The lowest BCUT2D eigenvalue weighted by Gasteiger charge is -2.08. The summed E-state index contributed by atoms with van der Waals surface area (Å²) in [6.45, 7) is 4.60. The Morgan fingerprint density at radius 1 is 1.03 bits per heavy atom. The maximum atomic E-state index is 13.0. The standard InChI is InChI=1S/C22H21FN6O2/c1-15-9-16(2)11-19(10-15)31-14-28-8-7-20(26-28)21(30)25-22-24-13-29(27-22)12-17-3-5-18(23)6-4-17/h3-11,13H,12,14H2,1-2H3,(H,25,27,30). The van der Waals surface area contributed by atoms with Gasteiger partial charge in [0.05, 0.1) is 6.54 Å². The van der Waals surface area contributed by atoms with Gasteiger partial charge in [-0.1, -0.05) is 18.2 Å². The highest BCUT2D eigenvalue weighted by molar-refractivity contribution is 6.01. The summed E-state index contributed by atoms with van der Waals surface area (Å²) in [5.74, 6) is 0.182. The Labute approximate surface area is 178 Å². The van der Waals surface area contributed by atoms with Crippen LogP contribution in [0.1, 0.15) is 27.2 Å². The minimum atomic E-state index is -0.426. The molecule has 0 saturated carbocycles. The Morgan fingerprint density at radius 2 is 1.77 bits per heavy atom. The number of nitrogens with one attached hydrogen (secondary N) is 1. The molecular weight excluding hydrogens is 399 g/mol. The van der Waals surface area contributed by atoms with Crippen molar-refractivity contribution in [3.05, 3.63) is 89.3 Å². The zero-order valence-electron chi connectivity index (χ0n) is 17.1. The molecule has 0 aliphatic rings. The number of rotatable bonds is 7. The van der Waals surface area contributed by atoms with Gasteiger partial charge in [-0.25, -0.2) is 18.7 Å². The fourth-order valence-electron chi connectivity index (χ4n) is 3.08. The predicted octanol–water partition coefficient (Wildman–Crippen LogP) is 3.57. The molecule has 1 amide bonds. The monoisotopic (exact) mass is 420 g/mol. The molecule has 4 rings (SSSR count). The molecule has 9 heteroatoms. The van der Waals surface area contributed by atoms with Crippen molar-refractivity contribution in [2.45, 2.75) is 27.1 Å². The Bertz CT molecular complexity index is 1180. The summed E-state index contributed by atoms with van der Waals surface area (Å²) >= 11 is 0. The Kier molecular flexibility index (Phi) is 5.74. The van der Waals surface area contributed by atoms with Crippen molar-refractivity contribution >= 4 is 11.9 Å². The number of hydrogen-bond donors (Lipinski definition) is 1. The summed E-state index contributed by atoms with van der Waals surface area (Å²) in [4.78, 5) is 16.5. The number of carbonyl (C=O) groups excluding carboxylic acids is 1. The van der Waals surface area contributed by atoms with Crippen LogP contribution in [0.5, 0.6) is 5.75 Å². The third-order valence-corrected chi connectivity index (χ3v) is 4.45. The number of halogens is 1. The summed E-state index contributed by atoms with van der Waals surface area (Å²) in [7, 11) is 0. The molecule has 2 heterocycles. The van der Waals surface area contributed by atoms with E-state index in [-0.39, 0.29) is 24.2 Å². The van der Waals surface area contributed by atoms with Crippen LogP contribution in [-0.4, -0.2) is 30.5 Å². The lowest BCUT2D eigenvalue weighted by molar-refractivity contribution is 0.101. The third kappa shape index (κ3) is 5.33. The molecule has 8 nitrogen and oxygen atoms in total. The number of aromatic nitrogens is 5. The van der Waals surface area contributed by atoms with Gasteiger partial charge in [0.15, 0.2) is 12.4 Å². The van der Waals surface area contributed by atoms with Crippen LogP contribution in [0.25, 0.3) is 0 Å². The Balaban J connectivity index is 1.33. The van der Waals surface area contributed by atoms with E-state index in [2.05, 4.69) is 26.6 Å². The van der Waals surface area contributed by atoms with E-state index >= 15 is 0 Å². The van der Waals surface area contributed by atoms with Crippen LogP contribution < -0.4 is 10.1 Å². The number of hydrogen-bond acceptors (Lipinski definition) is 5. The van der Waals surface area contributed by atoms with Gasteiger partial charge in [0.2, 0.25) is 5.95 Å². The van der Waals surface area contributed by atoms with Crippen molar-refractivity contribution in [2.24, 2.45) is 0 Å². The molecule has 2 aromatic carbocycles. The average molecular weight is 420 g/mol. The maximum Gasteiger partial charge on any atom is 0.278 e. The first-order valence-electron chi connectivity index (χ1n) is 9.64. The number of anilines is 1. The largest absolute Gasteiger partial charge is 0.471 e. The zero-order valence-corrected chi connectivity index (χ0v) is 17.1. The lowest BCUT2D eigenvalue weighted by atomic mass is 10.1. The highest BCUT2D eigenvalue weighted by Gasteiger charge is 2.13. The summed E-state index contributed by atoms with van der Waals surface area (Å²) < 4.78 is 21.8. The normalized spacial score (nSPS) is 10.8. The molecule has 0 spiro atoms. The molecule has 0 unspecified atom stereocenters. The quantitative estimate of drug-likeness (QED) is 0.494. The van der Waals surface area contributed by atoms with E-state index < -0.39 is 5.91 Å². The highest BCUT2D eigenvalue weighted by Crippen LogP contribution is 2.16. The topological polar surface area (TPSA) is 86.9 Å². The second kappa shape index (κ2) is 8.78. The van der Waals surface area contributed by atoms with Crippen LogP contribution in [0.3, 0.4) is 0 Å². The minimum Gasteiger partial charge on any atom is -0.471 e. The first-order chi connectivity index (χ1) is 14.9. The molecule has 0 aliphatic heterocycles. The predicted molar refractivity (Wildman–Crippen MR) is 112 cm³/mol. The highest BCUT2D eigenvalue weighted by atomic mass is 19.1. The number of carbonyl (C=O) groups is 1. The van der Waals surface area contributed by atoms with Crippen LogP contribution in [0.4, 0.5) is 10.3 Å². The van der Waals surface area contributed by atoms with E-state index in [1.165, 1.54) is 23.1 Å². The second-order valence-corrected chi connectivity index (χ2v) is 7.18. The fourth-order valence-corrected chi connectivity index (χ4v) is 3.08. The summed E-state index contributed by atoms with van der Waals surface area (Å²) in [6, 6.07) is 13.7. The molecule has 0 radical (unpaired) electrons. The molecular formula is C22H21FN6O2. The molecule has 158 valence electrons. The van der Waals surface area contributed by atoms with Crippen molar-refractivity contribution < 1.29 is 13.9 Å².